The van der Waals surface area contributed by atoms with Crippen LogP contribution in [-0.4, -0.2) is 60.1 Å². The first-order chi connectivity index (χ1) is 16.9. The van der Waals surface area contributed by atoms with Gasteiger partial charge in [-0.2, -0.15) is 0 Å². The van der Waals surface area contributed by atoms with Gasteiger partial charge in [-0.3, -0.25) is 14.4 Å². The van der Waals surface area contributed by atoms with Crippen LogP contribution in [0, 0.1) is 5.92 Å². The summed E-state index contributed by atoms with van der Waals surface area (Å²) in [4.78, 5) is 53.4. The number of benzene rings is 1. The minimum absolute atomic E-state index is 0.194. The van der Waals surface area contributed by atoms with Crippen LogP contribution in [0.3, 0.4) is 0 Å². The van der Waals surface area contributed by atoms with Gasteiger partial charge >= 0.3 is 12.1 Å². The molecule has 0 heterocycles. The number of hydrogen-bond acceptors (Lipinski definition) is 6. The Balaban J connectivity index is 2.49. The minimum atomic E-state index is -1.02. The van der Waals surface area contributed by atoms with E-state index in [1.807, 2.05) is 19.9 Å². The van der Waals surface area contributed by atoms with Crippen LogP contribution in [0.1, 0.15) is 71.0 Å². The van der Waals surface area contributed by atoms with Crippen molar-refractivity contribution in [3.8, 4) is 0 Å². The summed E-state index contributed by atoms with van der Waals surface area (Å²) in [6.07, 6.45) is 3.33. The molecule has 1 aromatic carbocycles. The predicted molar refractivity (Wildman–Crippen MR) is 137 cm³/mol. The van der Waals surface area contributed by atoms with Crippen molar-refractivity contribution in [1.82, 2.24) is 15.5 Å². The number of nitrogens with one attached hydrogen (secondary N) is 2. The van der Waals surface area contributed by atoms with E-state index in [0.29, 0.717) is 5.56 Å². The highest BCUT2D eigenvalue weighted by atomic mass is 16.6. The molecule has 9 heteroatoms. The number of nitrogens with zero attached hydrogens (tertiary/aromatic N) is 1. The molecule has 0 radical (unpaired) electrons. The molecule has 2 atom stereocenters. The van der Waals surface area contributed by atoms with Crippen molar-refractivity contribution in [3.63, 3.8) is 0 Å². The summed E-state index contributed by atoms with van der Waals surface area (Å²) in [6.45, 7) is 12.3. The molecule has 2 rings (SSSR count). The number of hydrogen-bond donors (Lipinski definition) is 2. The van der Waals surface area contributed by atoms with Crippen LogP contribution in [0.5, 0.6) is 0 Å². The highest BCUT2D eigenvalue weighted by Gasteiger charge is 2.42. The second-order valence-corrected chi connectivity index (χ2v) is 10.3. The molecule has 3 amide bonds. The van der Waals surface area contributed by atoms with Crippen molar-refractivity contribution in [2.75, 3.05) is 13.7 Å². The average Bonchev–Trinajstić information content (AvgIpc) is 2.77. The topological polar surface area (TPSA) is 114 Å². The van der Waals surface area contributed by atoms with Crippen molar-refractivity contribution >= 4 is 30.0 Å². The molecule has 0 aromatic heterocycles. The lowest BCUT2D eigenvalue weighted by atomic mass is 9.87. The summed E-state index contributed by atoms with van der Waals surface area (Å²) in [5.74, 6) is -1.77. The fraction of sp³-hybridized carbons (Fsp3) is 0.556. The summed E-state index contributed by atoms with van der Waals surface area (Å²) >= 11 is 0. The zero-order valence-corrected chi connectivity index (χ0v) is 22.1. The van der Waals surface area contributed by atoms with Crippen LogP contribution in [0.2, 0.25) is 0 Å². The maximum Gasteiger partial charge on any atom is 0.408 e. The van der Waals surface area contributed by atoms with E-state index in [1.165, 1.54) is 7.11 Å². The lowest BCUT2D eigenvalue weighted by Gasteiger charge is -2.44. The molecule has 0 aliphatic heterocycles. The van der Waals surface area contributed by atoms with Gasteiger partial charge in [-0.15, -0.1) is 0 Å². The number of amides is 3. The molecule has 1 saturated carbocycles. The maximum absolute atomic E-state index is 14.1. The summed E-state index contributed by atoms with van der Waals surface area (Å²) < 4.78 is 10.0. The number of methoxy groups -OCH3 is 1. The van der Waals surface area contributed by atoms with Crippen molar-refractivity contribution in [3.05, 3.63) is 42.0 Å². The third-order valence-corrected chi connectivity index (χ3v) is 5.95. The number of alkyl carbamates (subject to hydrolysis) is 1. The lowest BCUT2D eigenvalue weighted by Crippen LogP contribution is -2.59. The average molecular weight is 502 g/mol. The van der Waals surface area contributed by atoms with Gasteiger partial charge in [-0.25, -0.2) is 4.79 Å². The quantitative estimate of drug-likeness (QED) is 0.474. The van der Waals surface area contributed by atoms with Gasteiger partial charge in [0.05, 0.1) is 7.11 Å². The molecule has 9 nitrogen and oxygen atoms in total. The molecule has 1 aliphatic carbocycles. The fourth-order valence-electron chi connectivity index (χ4n) is 3.91. The predicted octanol–water partition coefficient (Wildman–Crippen LogP) is 3.59. The van der Waals surface area contributed by atoms with Crippen LogP contribution >= 0.6 is 0 Å². The van der Waals surface area contributed by atoms with Gasteiger partial charge in [0.1, 0.15) is 24.2 Å². The van der Waals surface area contributed by atoms with Gasteiger partial charge in [0.25, 0.3) is 0 Å². The van der Waals surface area contributed by atoms with Crippen molar-refractivity contribution in [2.45, 2.75) is 77.6 Å². The third kappa shape index (κ3) is 7.83. The zero-order chi connectivity index (χ0) is 27.0. The first kappa shape index (κ1) is 28.9. The first-order valence-electron chi connectivity index (χ1n) is 12.3. The van der Waals surface area contributed by atoms with Crippen LogP contribution in [-0.2, 0) is 23.9 Å². The Hall–Kier alpha value is -3.36. The number of ether oxygens (including phenoxy) is 2. The Bertz CT molecular complexity index is 965. The van der Waals surface area contributed by atoms with Gasteiger partial charge in [0, 0.05) is 6.04 Å². The van der Waals surface area contributed by atoms with Crippen molar-refractivity contribution < 1.29 is 28.7 Å². The monoisotopic (exact) mass is 501 g/mol. The summed E-state index contributed by atoms with van der Waals surface area (Å²) in [7, 11) is 1.24. The molecule has 2 unspecified atom stereocenters. The molecule has 0 bridgehead atoms. The molecule has 2 N–H and O–H groups in total. The van der Waals surface area contributed by atoms with Gasteiger partial charge in [0.15, 0.2) is 0 Å². The molecule has 198 valence electrons. The number of esters is 1. The normalized spacial score (nSPS) is 15.2. The molecule has 1 aliphatic rings. The number of carbonyl (C=O) groups excluding carboxylic acids is 4. The smallest absolute Gasteiger partial charge is 0.408 e. The van der Waals surface area contributed by atoms with Crippen LogP contribution in [0.4, 0.5) is 4.79 Å². The maximum atomic E-state index is 14.1. The fourth-order valence-corrected chi connectivity index (χ4v) is 3.91. The molecule has 0 spiro atoms. The van der Waals surface area contributed by atoms with Gasteiger partial charge in [-0.05, 0) is 63.1 Å². The first-order valence-corrected chi connectivity index (χ1v) is 12.3. The molecular formula is C27H39N3O6. The Labute approximate surface area is 213 Å². The number of rotatable bonds is 10. The SMILES string of the molecule is C=Cc1cccc(C(C(=O)NCC(=O)OC)N(C(=O)C(NC(=O)OC(C)(C)C)C(C)C)C2CCC2)c1. The van der Waals surface area contributed by atoms with Crippen molar-refractivity contribution in [2.24, 2.45) is 5.92 Å². The highest BCUT2D eigenvalue weighted by Crippen LogP contribution is 2.34. The standard InChI is InChI=1S/C27H39N3O6/c1-8-18-11-9-12-19(15-18)23(24(32)28-16-21(31)35-7)30(20-13-10-14-20)25(33)22(17(2)3)29-26(34)36-27(4,5)6/h8-9,11-12,15,17,20,22-23H,1,10,13-14,16H2,2-7H3,(H,28,32)(H,29,34). The Morgan fingerprint density at radius 1 is 1.19 bits per heavy atom. The van der Waals surface area contributed by atoms with Gasteiger partial charge in [0.2, 0.25) is 11.8 Å². The van der Waals surface area contributed by atoms with Crippen LogP contribution in [0.25, 0.3) is 6.08 Å². The van der Waals surface area contributed by atoms with E-state index >= 15 is 0 Å². The van der Waals surface area contributed by atoms with Gasteiger partial charge in [-0.1, -0.05) is 44.7 Å². The number of carbonyl (C=O) groups is 4. The van der Waals surface area contributed by atoms with E-state index in [0.717, 1.165) is 24.8 Å². The van der Waals surface area contributed by atoms with Gasteiger partial charge < -0.3 is 25.0 Å². The van der Waals surface area contributed by atoms with E-state index in [1.54, 1.807) is 49.9 Å². The molecule has 1 fully saturated rings. The summed E-state index contributed by atoms with van der Waals surface area (Å²) in [5.41, 5.74) is 0.630. The lowest BCUT2D eigenvalue weighted by molar-refractivity contribution is -0.149. The second kappa shape index (κ2) is 12.6. The van der Waals surface area contributed by atoms with Crippen molar-refractivity contribution in [1.29, 1.82) is 0 Å². The molecule has 36 heavy (non-hydrogen) atoms. The Morgan fingerprint density at radius 2 is 1.86 bits per heavy atom. The summed E-state index contributed by atoms with van der Waals surface area (Å²) in [5, 5.41) is 5.31. The van der Waals surface area contributed by atoms with E-state index in [2.05, 4.69) is 21.9 Å². The third-order valence-electron chi connectivity index (χ3n) is 5.95. The van der Waals surface area contributed by atoms with Crippen LogP contribution < -0.4 is 10.6 Å². The molecular weight excluding hydrogens is 462 g/mol. The minimum Gasteiger partial charge on any atom is -0.468 e. The zero-order valence-electron chi connectivity index (χ0n) is 22.1. The molecule has 1 aromatic rings. The largest absolute Gasteiger partial charge is 0.468 e. The second-order valence-electron chi connectivity index (χ2n) is 10.3. The van der Waals surface area contributed by atoms with E-state index < -0.39 is 35.7 Å². The van der Waals surface area contributed by atoms with Crippen LogP contribution in [0.15, 0.2) is 30.8 Å². The highest BCUT2D eigenvalue weighted by molar-refractivity contribution is 5.93. The van der Waals surface area contributed by atoms with E-state index in [4.69, 9.17) is 4.74 Å². The van der Waals surface area contributed by atoms with E-state index in [-0.39, 0.29) is 24.4 Å². The molecule has 0 saturated heterocycles. The Morgan fingerprint density at radius 3 is 2.36 bits per heavy atom. The summed E-state index contributed by atoms with van der Waals surface area (Å²) in [6, 6.07) is 5.06. The Kier molecular flexibility index (Phi) is 10.1. The van der Waals surface area contributed by atoms with E-state index in [9.17, 15) is 19.2 Å².